The summed E-state index contributed by atoms with van der Waals surface area (Å²) in [6.45, 7) is 0. The van der Waals surface area contributed by atoms with E-state index in [-0.39, 0.29) is 5.82 Å². The van der Waals surface area contributed by atoms with E-state index in [9.17, 15) is 4.39 Å². The highest BCUT2D eigenvalue weighted by Gasteiger charge is 2.21. The molecule has 0 bridgehead atoms. The Labute approximate surface area is 136 Å². The van der Waals surface area contributed by atoms with Crippen molar-refractivity contribution in [3.8, 4) is 11.1 Å². The highest BCUT2D eigenvalue weighted by Crippen LogP contribution is 2.37. The third-order valence-electron chi connectivity index (χ3n) is 4.84. The Bertz CT molecular complexity index is 835. The lowest BCUT2D eigenvalue weighted by Gasteiger charge is -2.26. The summed E-state index contributed by atoms with van der Waals surface area (Å²) in [6, 6.07) is 24.1. The topological polar surface area (TPSA) is 0 Å². The Morgan fingerprint density at radius 3 is 2.57 bits per heavy atom. The van der Waals surface area contributed by atoms with Crippen molar-refractivity contribution in [2.45, 2.75) is 25.2 Å². The normalized spacial score (nSPS) is 16.8. The molecule has 114 valence electrons. The lowest BCUT2D eigenvalue weighted by Crippen LogP contribution is -2.10. The Balaban J connectivity index is 1.77. The monoisotopic (exact) mass is 302 g/mol. The van der Waals surface area contributed by atoms with Crippen molar-refractivity contribution in [1.82, 2.24) is 0 Å². The first-order valence-corrected chi connectivity index (χ1v) is 8.25. The molecule has 4 rings (SSSR count). The molecule has 0 spiro atoms. The average molecular weight is 302 g/mol. The van der Waals surface area contributed by atoms with E-state index in [4.69, 9.17) is 0 Å². The van der Waals surface area contributed by atoms with Crippen LogP contribution in [0.3, 0.4) is 0 Å². The summed E-state index contributed by atoms with van der Waals surface area (Å²) < 4.78 is 14.1. The molecule has 0 heterocycles. The first-order chi connectivity index (χ1) is 11.3. The van der Waals surface area contributed by atoms with Gasteiger partial charge in [0.15, 0.2) is 0 Å². The molecule has 0 saturated carbocycles. The van der Waals surface area contributed by atoms with Crippen LogP contribution in [0.4, 0.5) is 4.39 Å². The smallest absolute Gasteiger partial charge is 0.131 e. The van der Waals surface area contributed by atoms with Crippen molar-refractivity contribution in [2.24, 2.45) is 0 Å². The first-order valence-electron chi connectivity index (χ1n) is 8.25. The predicted octanol–water partition coefficient (Wildman–Crippen LogP) is 5.96. The van der Waals surface area contributed by atoms with E-state index in [1.165, 1.54) is 35.6 Å². The van der Waals surface area contributed by atoms with Gasteiger partial charge in [0, 0.05) is 11.5 Å². The molecule has 0 aromatic heterocycles. The number of hydrogen-bond donors (Lipinski definition) is 0. The summed E-state index contributed by atoms with van der Waals surface area (Å²) in [5.74, 6) is 0.264. The highest BCUT2D eigenvalue weighted by molar-refractivity contribution is 5.65. The van der Waals surface area contributed by atoms with E-state index in [0.717, 1.165) is 12.0 Å². The highest BCUT2D eigenvalue weighted by atomic mass is 19.1. The zero-order valence-corrected chi connectivity index (χ0v) is 13.0. The summed E-state index contributed by atoms with van der Waals surface area (Å²) in [6.07, 6.45) is 3.54. The van der Waals surface area contributed by atoms with Crippen LogP contribution < -0.4 is 0 Å². The molecule has 0 unspecified atom stereocenters. The summed E-state index contributed by atoms with van der Waals surface area (Å²) in [5, 5.41) is 0. The summed E-state index contributed by atoms with van der Waals surface area (Å²) in [5.41, 5.74) is 5.82. The average Bonchev–Trinajstić information content (AvgIpc) is 2.62. The molecule has 0 fully saturated rings. The second kappa shape index (κ2) is 6.00. The summed E-state index contributed by atoms with van der Waals surface area (Å²) >= 11 is 0. The van der Waals surface area contributed by atoms with Crippen LogP contribution in [0.2, 0.25) is 0 Å². The van der Waals surface area contributed by atoms with Crippen molar-refractivity contribution in [3.05, 3.63) is 95.3 Å². The zero-order valence-electron chi connectivity index (χ0n) is 13.0. The Kier molecular flexibility index (Phi) is 3.70. The van der Waals surface area contributed by atoms with E-state index in [2.05, 4.69) is 36.4 Å². The van der Waals surface area contributed by atoms with Gasteiger partial charge in [-0.2, -0.15) is 0 Å². The standard InChI is InChI=1S/C22H19F/c23-22-14-4-3-12-21(22)18-10-5-9-17(15-18)20-13-6-8-16-7-1-2-11-19(16)20/h1-5,7,9-12,14-15,20H,6,8,13H2/t20-/m1/s1. The molecule has 1 aliphatic carbocycles. The fraction of sp³-hybridized carbons (Fsp3) is 0.182. The van der Waals surface area contributed by atoms with E-state index in [1.54, 1.807) is 6.07 Å². The van der Waals surface area contributed by atoms with Crippen LogP contribution in [0.5, 0.6) is 0 Å². The van der Waals surface area contributed by atoms with Gasteiger partial charge in [-0.05, 0) is 47.6 Å². The van der Waals surface area contributed by atoms with Crippen LogP contribution in [-0.2, 0) is 6.42 Å². The van der Waals surface area contributed by atoms with Crippen LogP contribution in [0.15, 0.2) is 72.8 Å². The van der Waals surface area contributed by atoms with Gasteiger partial charge in [-0.15, -0.1) is 0 Å². The maximum Gasteiger partial charge on any atom is 0.131 e. The van der Waals surface area contributed by atoms with Gasteiger partial charge in [-0.1, -0.05) is 66.7 Å². The molecule has 0 nitrogen and oxygen atoms in total. The minimum absolute atomic E-state index is 0.159. The number of hydrogen-bond acceptors (Lipinski definition) is 0. The van der Waals surface area contributed by atoms with E-state index in [1.807, 2.05) is 24.3 Å². The van der Waals surface area contributed by atoms with Gasteiger partial charge in [0.1, 0.15) is 5.82 Å². The van der Waals surface area contributed by atoms with Crippen LogP contribution >= 0.6 is 0 Å². The molecule has 1 atom stereocenters. The van der Waals surface area contributed by atoms with Crippen molar-refractivity contribution in [2.75, 3.05) is 0 Å². The summed E-state index contributed by atoms with van der Waals surface area (Å²) in [7, 11) is 0. The number of aryl methyl sites for hydroxylation is 1. The molecule has 1 heteroatoms. The van der Waals surface area contributed by atoms with Gasteiger partial charge in [-0.3, -0.25) is 0 Å². The van der Waals surface area contributed by atoms with E-state index in [0.29, 0.717) is 11.5 Å². The van der Waals surface area contributed by atoms with Gasteiger partial charge in [0.2, 0.25) is 0 Å². The summed E-state index contributed by atoms with van der Waals surface area (Å²) in [4.78, 5) is 0. The molecule has 3 aromatic carbocycles. The lowest BCUT2D eigenvalue weighted by molar-refractivity contribution is 0.615. The maximum atomic E-state index is 14.1. The van der Waals surface area contributed by atoms with Gasteiger partial charge in [0.05, 0.1) is 0 Å². The van der Waals surface area contributed by atoms with Crippen molar-refractivity contribution < 1.29 is 4.39 Å². The minimum Gasteiger partial charge on any atom is -0.206 e. The maximum absolute atomic E-state index is 14.1. The molecule has 0 radical (unpaired) electrons. The number of halogens is 1. The molecule has 23 heavy (non-hydrogen) atoms. The Hall–Kier alpha value is -2.41. The SMILES string of the molecule is Fc1ccccc1-c1cccc([C@H]2CCCc3ccccc32)c1. The van der Waals surface area contributed by atoms with Gasteiger partial charge >= 0.3 is 0 Å². The number of benzene rings is 3. The van der Waals surface area contributed by atoms with E-state index >= 15 is 0 Å². The fourth-order valence-corrected chi connectivity index (χ4v) is 3.72. The molecule has 1 aliphatic rings. The van der Waals surface area contributed by atoms with Gasteiger partial charge < -0.3 is 0 Å². The van der Waals surface area contributed by atoms with E-state index < -0.39 is 0 Å². The largest absolute Gasteiger partial charge is 0.206 e. The van der Waals surface area contributed by atoms with Crippen LogP contribution in [0, 0.1) is 5.82 Å². The van der Waals surface area contributed by atoms with Gasteiger partial charge in [-0.25, -0.2) is 4.39 Å². The van der Waals surface area contributed by atoms with Crippen molar-refractivity contribution in [1.29, 1.82) is 0 Å². The third-order valence-corrected chi connectivity index (χ3v) is 4.84. The minimum atomic E-state index is -0.159. The molecule has 0 N–H and O–H groups in total. The second-order valence-corrected chi connectivity index (χ2v) is 6.25. The van der Waals surface area contributed by atoms with Crippen LogP contribution in [0.1, 0.15) is 35.4 Å². The molecular weight excluding hydrogens is 283 g/mol. The Morgan fingerprint density at radius 1 is 0.826 bits per heavy atom. The van der Waals surface area contributed by atoms with Crippen molar-refractivity contribution in [3.63, 3.8) is 0 Å². The molecule has 0 aliphatic heterocycles. The molecule has 0 amide bonds. The fourth-order valence-electron chi connectivity index (χ4n) is 3.72. The first kappa shape index (κ1) is 14.2. The predicted molar refractivity (Wildman–Crippen MR) is 93.1 cm³/mol. The Morgan fingerprint density at radius 2 is 1.65 bits per heavy atom. The van der Waals surface area contributed by atoms with Crippen LogP contribution in [-0.4, -0.2) is 0 Å². The lowest BCUT2D eigenvalue weighted by atomic mass is 9.78. The molecular formula is C22H19F. The third kappa shape index (κ3) is 2.68. The number of rotatable bonds is 2. The van der Waals surface area contributed by atoms with Crippen molar-refractivity contribution >= 4 is 0 Å². The second-order valence-electron chi connectivity index (χ2n) is 6.25. The molecule has 0 saturated heterocycles. The van der Waals surface area contributed by atoms with Crippen LogP contribution in [0.25, 0.3) is 11.1 Å². The molecule has 3 aromatic rings. The van der Waals surface area contributed by atoms with Gasteiger partial charge in [0.25, 0.3) is 0 Å². The zero-order chi connectivity index (χ0) is 15.6. The quantitative estimate of drug-likeness (QED) is 0.548. The number of fused-ring (bicyclic) bond motifs is 1.